The lowest BCUT2D eigenvalue weighted by molar-refractivity contribution is 0.0930. The Morgan fingerprint density at radius 2 is 2.12 bits per heavy atom. The van der Waals surface area contributed by atoms with Crippen molar-refractivity contribution in [2.45, 2.75) is 40.2 Å². The predicted molar refractivity (Wildman–Crippen MR) is 97.0 cm³/mol. The number of pyridine rings is 1. The van der Waals surface area contributed by atoms with Gasteiger partial charge in [0.2, 0.25) is 0 Å². The minimum Gasteiger partial charge on any atom is -0.361 e. The summed E-state index contributed by atoms with van der Waals surface area (Å²) in [6, 6.07) is 7.14. The summed E-state index contributed by atoms with van der Waals surface area (Å²) < 4.78 is 6.99. The summed E-state index contributed by atoms with van der Waals surface area (Å²) in [6.45, 7) is 8.05. The average molecular weight is 353 g/mol. The molecule has 3 heterocycles. The van der Waals surface area contributed by atoms with Gasteiger partial charge in [0, 0.05) is 29.9 Å². The average Bonchev–Trinajstić information content (AvgIpc) is 3.22. The summed E-state index contributed by atoms with van der Waals surface area (Å²) in [6.07, 6.45) is 4.23. The third kappa shape index (κ3) is 3.82. The number of carbonyl (C=O) groups is 1. The van der Waals surface area contributed by atoms with E-state index in [-0.39, 0.29) is 11.9 Å². The molecule has 0 aromatic carbocycles. The van der Waals surface area contributed by atoms with Gasteiger partial charge in [0.1, 0.15) is 5.76 Å². The summed E-state index contributed by atoms with van der Waals surface area (Å²) in [5.74, 6) is 1.64. The molecule has 3 rings (SSSR count). The van der Waals surface area contributed by atoms with Crippen LogP contribution in [0.3, 0.4) is 0 Å². The molecule has 7 heteroatoms. The first-order valence-electron chi connectivity index (χ1n) is 8.68. The number of amides is 1. The maximum Gasteiger partial charge on any atom is 0.273 e. The Morgan fingerprint density at radius 1 is 1.31 bits per heavy atom. The Labute approximate surface area is 152 Å². The molecule has 0 aliphatic rings. The largest absolute Gasteiger partial charge is 0.361 e. The summed E-state index contributed by atoms with van der Waals surface area (Å²) in [5.41, 5.74) is 2.15. The topological polar surface area (TPSA) is 85.8 Å². The number of hydrogen-bond donors (Lipinski definition) is 1. The van der Waals surface area contributed by atoms with Gasteiger partial charge in [0.15, 0.2) is 11.5 Å². The van der Waals surface area contributed by atoms with Gasteiger partial charge in [0.05, 0.1) is 12.2 Å². The Kier molecular flexibility index (Phi) is 5.16. The van der Waals surface area contributed by atoms with Gasteiger partial charge in [-0.05, 0) is 31.9 Å². The maximum atomic E-state index is 12.4. The Morgan fingerprint density at radius 3 is 2.81 bits per heavy atom. The van der Waals surface area contributed by atoms with Gasteiger partial charge < -0.3 is 9.84 Å². The molecular formula is C19H23N5O2. The zero-order chi connectivity index (χ0) is 18.7. The molecule has 7 nitrogen and oxygen atoms in total. The third-order valence-corrected chi connectivity index (χ3v) is 4.13. The molecule has 1 atom stereocenters. The van der Waals surface area contributed by atoms with Crippen LogP contribution in [0.5, 0.6) is 0 Å². The van der Waals surface area contributed by atoms with E-state index in [0.29, 0.717) is 11.6 Å². The summed E-state index contributed by atoms with van der Waals surface area (Å²) in [5, 5.41) is 11.2. The van der Waals surface area contributed by atoms with E-state index in [4.69, 9.17) is 4.52 Å². The van der Waals surface area contributed by atoms with E-state index in [1.54, 1.807) is 23.1 Å². The van der Waals surface area contributed by atoms with Gasteiger partial charge in [-0.15, -0.1) is 0 Å². The van der Waals surface area contributed by atoms with Crippen molar-refractivity contribution in [3.63, 3.8) is 0 Å². The predicted octanol–water partition coefficient (Wildman–Crippen LogP) is 3.25. The molecule has 26 heavy (non-hydrogen) atoms. The van der Waals surface area contributed by atoms with E-state index >= 15 is 0 Å². The lowest BCUT2D eigenvalue weighted by Gasteiger charge is -2.13. The molecule has 0 spiro atoms. The fourth-order valence-electron chi connectivity index (χ4n) is 2.82. The molecule has 1 unspecified atom stereocenters. The van der Waals surface area contributed by atoms with E-state index in [9.17, 15) is 4.79 Å². The standard InChI is InChI=1S/C19H23N5O2/c1-12(2)9-15-10-17(23-26-15)19(25)22-13(3)16-11-21-24(14(16)4)18-7-5-6-8-20-18/h5-8,10-13H,9H2,1-4H3,(H,22,25). The zero-order valence-corrected chi connectivity index (χ0v) is 15.4. The first-order chi connectivity index (χ1) is 12.5. The van der Waals surface area contributed by atoms with Crippen LogP contribution in [0.25, 0.3) is 5.82 Å². The van der Waals surface area contributed by atoms with Crippen LogP contribution in [0.4, 0.5) is 0 Å². The fourth-order valence-corrected chi connectivity index (χ4v) is 2.82. The number of hydrogen-bond acceptors (Lipinski definition) is 5. The SMILES string of the molecule is Cc1c(C(C)NC(=O)c2cc(CC(C)C)on2)cnn1-c1ccccn1. The molecular weight excluding hydrogens is 330 g/mol. The third-order valence-electron chi connectivity index (χ3n) is 4.13. The number of carbonyl (C=O) groups excluding carboxylic acids is 1. The van der Waals surface area contributed by atoms with Crippen LogP contribution in [0, 0.1) is 12.8 Å². The van der Waals surface area contributed by atoms with E-state index < -0.39 is 0 Å². The van der Waals surface area contributed by atoms with Crippen molar-refractivity contribution in [1.29, 1.82) is 0 Å². The number of rotatable bonds is 6. The fraction of sp³-hybridized carbons (Fsp3) is 0.368. The van der Waals surface area contributed by atoms with Gasteiger partial charge in [0.25, 0.3) is 5.91 Å². The smallest absolute Gasteiger partial charge is 0.273 e. The van der Waals surface area contributed by atoms with Crippen molar-refractivity contribution in [2.24, 2.45) is 5.92 Å². The molecule has 136 valence electrons. The van der Waals surface area contributed by atoms with E-state index in [1.165, 1.54) is 0 Å². The minimum atomic E-state index is -0.263. The molecule has 1 amide bonds. The lowest BCUT2D eigenvalue weighted by Crippen LogP contribution is -2.27. The van der Waals surface area contributed by atoms with Crippen molar-refractivity contribution in [3.05, 3.63) is 59.4 Å². The molecule has 0 radical (unpaired) electrons. The number of nitrogens with one attached hydrogen (secondary N) is 1. The highest BCUT2D eigenvalue weighted by Crippen LogP contribution is 2.20. The summed E-state index contributed by atoms with van der Waals surface area (Å²) >= 11 is 0. The Bertz CT molecular complexity index is 882. The van der Waals surface area contributed by atoms with Crippen LogP contribution in [0.1, 0.15) is 54.3 Å². The van der Waals surface area contributed by atoms with Crippen molar-refractivity contribution in [1.82, 2.24) is 25.2 Å². The zero-order valence-electron chi connectivity index (χ0n) is 15.4. The van der Waals surface area contributed by atoms with Gasteiger partial charge >= 0.3 is 0 Å². The van der Waals surface area contributed by atoms with Gasteiger partial charge in [-0.2, -0.15) is 5.10 Å². The lowest BCUT2D eigenvalue weighted by atomic mass is 10.1. The molecule has 0 aliphatic heterocycles. The molecule has 3 aromatic heterocycles. The molecule has 3 aromatic rings. The second-order valence-corrected chi connectivity index (χ2v) is 6.76. The number of aromatic nitrogens is 4. The highest BCUT2D eigenvalue weighted by molar-refractivity contribution is 5.92. The molecule has 1 N–H and O–H groups in total. The molecule has 0 bridgehead atoms. The summed E-state index contributed by atoms with van der Waals surface area (Å²) in [4.78, 5) is 16.8. The monoisotopic (exact) mass is 353 g/mol. The maximum absolute atomic E-state index is 12.4. The van der Waals surface area contributed by atoms with Crippen molar-refractivity contribution in [3.8, 4) is 5.82 Å². The van der Waals surface area contributed by atoms with Gasteiger partial charge in [-0.3, -0.25) is 4.79 Å². The Hall–Kier alpha value is -2.96. The van der Waals surface area contributed by atoms with Gasteiger partial charge in [-0.1, -0.05) is 25.1 Å². The van der Waals surface area contributed by atoms with Crippen LogP contribution >= 0.6 is 0 Å². The van der Waals surface area contributed by atoms with E-state index in [2.05, 4.69) is 34.4 Å². The number of nitrogens with zero attached hydrogens (tertiary/aromatic N) is 4. The molecule has 0 aliphatic carbocycles. The Balaban J connectivity index is 1.72. The highest BCUT2D eigenvalue weighted by atomic mass is 16.5. The van der Waals surface area contributed by atoms with Crippen LogP contribution in [-0.4, -0.2) is 25.8 Å². The van der Waals surface area contributed by atoms with Crippen LogP contribution in [0.2, 0.25) is 0 Å². The van der Waals surface area contributed by atoms with Crippen molar-refractivity contribution < 1.29 is 9.32 Å². The first-order valence-corrected chi connectivity index (χ1v) is 8.68. The van der Waals surface area contributed by atoms with Crippen LogP contribution < -0.4 is 5.32 Å². The van der Waals surface area contributed by atoms with Crippen LogP contribution in [-0.2, 0) is 6.42 Å². The second-order valence-electron chi connectivity index (χ2n) is 6.76. The molecule has 0 fully saturated rings. The van der Waals surface area contributed by atoms with Gasteiger partial charge in [-0.25, -0.2) is 9.67 Å². The van der Waals surface area contributed by atoms with Crippen LogP contribution in [0.15, 0.2) is 41.2 Å². The van der Waals surface area contributed by atoms with Crippen molar-refractivity contribution in [2.75, 3.05) is 0 Å². The highest BCUT2D eigenvalue weighted by Gasteiger charge is 2.19. The van der Waals surface area contributed by atoms with E-state index in [0.717, 1.165) is 29.3 Å². The van der Waals surface area contributed by atoms with E-state index in [1.807, 2.05) is 32.0 Å². The van der Waals surface area contributed by atoms with Crippen molar-refractivity contribution >= 4 is 5.91 Å². The normalized spacial score (nSPS) is 12.3. The molecule has 0 saturated carbocycles. The minimum absolute atomic E-state index is 0.217. The first kappa shape index (κ1) is 17.8. The quantitative estimate of drug-likeness (QED) is 0.735. The summed E-state index contributed by atoms with van der Waals surface area (Å²) in [7, 11) is 0. The second kappa shape index (κ2) is 7.51. The molecule has 0 saturated heterocycles.